The van der Waals surface area contributed by atoms with Crippen LogP contribution in [0.2, 0.25) is 0 Å². The second-order valence-corrected chi connectivity index (χ2v) is 24.8. The summed E-state index contributed by atoms with van der Waals surface area (Å²) in [7, 11) is 0. The number of nitrogens with zero attached hydrogens (tertiary/aromatic N) is 4. The number of aromatic nitrogens is 4. The molecule has 0 saturated heterocycles. The molecule has 0 radical (unpaired) electrons. The highest BCUT2D eigenvalue weighted by atomic mass is 14.9. The third kappa shape index (κ3) is 9.95. The predicted octanol–water partition coefficient (Wildman–Crippen LogP) is 24.5. The Morgan fingerprint density at radius 3 is 0.948 bits per heavy atom. The van der Waals surface area contributed by atoms with Gasteiger partial charge in [-0.3, -0.25) is 0 Å². The molecule has 0 saturated carbocycles. The molecule has 18 rings (SSSR count). The van der Waals surface area contributed by atoms with Gasteiger partial charge in [-0.2, -0.15) is 0 Å². The van der Waals surface area contributed by atoms with E-state index in [1.807, 2.05) is 30.7 Å². The Morgan fingerprint density at radius 1 is 0.167 bits per heavy atom. The van der Waals surface area contributed by atoms with Crippen LogP contribution < -0.4 is 0 Å². The van der Waals surface area contributed by atoms with Crippen molar-refractivity contribution in [2.45, 2.75) is 0 Å². The highest BCUT2D eigenvalue weighted by Gasteiger charge is 2.23. The Bertz CT molecular complexity index is 6000. The maximum absolute atomic E-state index is 5.56. The molecule has 4 heteroatoms. The van der Waals surface area contributed by atoms with Gasteiger partial charge in [0.25, 0.3) is 0 Å². The van der Waals surface area contributed by atoms with E-state index in [2.05, 4.69) is 322 Å². The highest BCUT2D eigenvalue weighted by molar-refractivity contribution is 6.24. The molecule has 0 bridgehead atoms. The van der Waals surface area contributed by atoms with Crippen LogP contribution in [0, 0.1) is 0 Å². The van der Waals surface area contributed by atoms with Crippen molar-refractivity contribution < 1.29 is 0 Å². The maximum Gasteiger partial charge on any atom is 0.159 e. The van der Waals surface area contributed by atoms with Gasteiger partial charge in [-0.15, -0.1) is 0 Å². The topological polar surface area (TPSA) is 51.6 Å². The molecule has 0 atom stereocenters. The second-order valence-electron chi connectivity index (χ2n) is 24.8. The number of rotatable bonds is 11. The van der Waals surface area contributed by atoms with Crippen molar-refractivity contribution in [1.29, 1.82) is 0 Å². The molecule has 4 nitrogen and oxygen atoms in total. The predicted molar refractivity (Wildman–Crippen MR) is 402 cm³/mol. The molecule has 0 aliphatic carbocycles. The molecule has 96 heavy (non-hydrogen) atoms. The molecule has 0 spiro atoms. The molecular weight excluding hydrogens is 1160 g/mol. The number of fused-ring (bicyclic) bond motifs is 6. The third-order valence-electron chi connectivity index (χ3n) is 19.3. The van der Waals surface area contributed by atoms with Gasteiger partial charge < -0.3 is 0 Å². The number of hydrogen-bond acceptors (Lipinski definition) is 4. The van der Waals surface area contributed by atoms with Gasteiger partial charge in [0.15, 0.2) is 11.6 Å². The SMILES string of the molecule is c1ccc(-c2ccc(-c3c4ccc(-c5ccnc(-c6ccc7c(-c8ccc(-c9cccc%10ccccc9%10)cc8)c8ccccc8c(-c8ccc(-c9cccc%10ccccc9%10)cc8)c7c6)n5)cc4c(-c4ccc(-c5ccccc5)cc4)c4cc(-c5ncccn5)ccc34)cc2)cc1. The van der Waals surface area contributed by atoms with Gasteiger partial charge in [-0.05, 0) is 184 Å². The van der Waals surface area contributed by atoms with E-state index in [9.17, 15) is 0 Å². The average Bonchev–Trinajstić information content (AvgIpc) is 0.737. The van der Waals surface area contributed by atoms with Gasteiger partial charge in [0.1, 0.15) is 0 Å². The summed E-state index contributed by atoms with van der Waals surface area (Å²) in [5, 5.41) is 14.0. The van der Waals surface area contributed by atoms with Crippen molar-refractivity contribution in [1.82, 2.24) is 19.9 Å². The van der Waals surface area contributed by atoms with Crippen LogP contribution in [0.15, 0.2) is 352 Å². The van der Waals surface area contributed by atoms with Crippen molar-refractivity contribution in [3.8, 4) is 123 Å². The zero-order valence-corrected chi connectivity index (χ0v) is 52.3. The zero-order valence-electron chi connectivity index (χ0n) is 52.3. The molecule has 446 valence electrons. The summed E-state index contributed by atoms with van der Waals surface area (Å²) in [6.45, 7) is 0. The molecule has 18 aromatic rings. The van der Waals surface area contributed by atoms with E-state index in [0.29, 0.717) is 11.6 Å². The molecule has 0 aliphatic heterocycles. The van der Waals surface area contributed by atoms with Crippen LogP contribution in [0.1, 0.15) is 0 Å². The smallest absolute Gasteiger partial charge is 0.159 e. The Balaban J connectivity index is 0.820. The molecule has 2 aromatic heterocycles. The number of benzene rings is 16. The van der Waals surface area contributed by atoms with Gasteiger partial charge in [0, 0.05) is 35.3 Å². The van der Waals surface area contributed by atoms with Crippen LogP contribution in [0.5, 0.6) is 0 Å². The lowest BCUT2D eigenvalue weighted by molar-refractivity contribution is 1.18. The highest BCUT2D eigenvalue weighted by Crippen LogP contribution is 2.49. The van der Waals surface area contributed by atoms with E-state index in [1.54, 1.807) is 0 Å². The summed E-state index contributed by atoms with van der Waals surface area (Å²) in [6.07, 6.45) is 5.54. The number of hydrogen-bond donors (Lipinski definition) is 0. The first-order chi connectivity index (χ1) is 47.6. The van der Waals surface area contributed by atoms with Crippen LogP contribution >= 0.6 is 0 Å². The summed E-state index contributed by atoms with van der Waals surface area (Å²) in [5.74, 6) is 1.31. The van der Waals surface area contributed by atoms with E-state index in [-0.39, 0.29) is 0 Å². The Kier molecular flexibility index (Phi) is 13.8. The summed E-state index contributed by atoms with van der Waals surface area (Å²) in [5.41, 5.74) is 22.3. The fraction of sp³-hybridized carbons (Fsp3) is 0. The van der Waals surface area contributed by atoms with Crippen molar-refractivity contribution in [3.63, 3.8) is 0 Å². The zero-order chi connectivity index (χ0) is 63.5. The molecular formula is C92H58N4. The molecule has 16 aromatic carbocycles. The van der Waals surface area contributed by atoms with E-state index >= 15 is 0 Å². The van der Waals surface area contributed by atoms with E-state index in [4.69, 9.17) is 19.9 Å². The van der Waals surface area contributed by atoms with Crippen LogP contribution in [-0.2, 0) is 0 Å². The van der Waals surface area contributed by atoms with Crippen molar-refractivity contribution in [2.75, 3.05) is 0 Å². The Labute approximate surface area is 556 Å². The maximum atomic E-state index is 5.56. The monoisotopic (exact) mass is 1220 g/mol. The minimum absolute atomic E-state index is 0.642. The first-order valence-electron chi connectivity index (χ1n) is 32.7. The minimum atomic E-state index is 0.642. The molecule has 0 fully saturated rings. The lowest BCUT2D eigenvalue weighted by atomic mass is 9.84. The van der Waals surface area contributed by atoms with Gasteiger partial charge in [0.05, 0.1) is 5.69 Å². The van der Waals surface area contributed by atoms with E-state index in [1.165, 1.54) is 76.8 Å². The first kappa shape index (κ1) is 56.0. The van der Waals surface area contributed by atoms with Crippen LogP contribution in [0.3, 0.4) is 0 Å². The van der Waals surface area contributed by atoms with Gasteiger partial charge in [-0.1, -0.05) is 303 Å². The standard InChI is InChI=1S/C92H58N4/c1-3-16-59(17-4-1)61-30-38-67(39-31-61)88-80-49-46-71(56-83(80)90(70-40-32-62(33-41-70)60-18-5-2-6-19-60)85-57-72(47-50-82(85)88)91-93-53-15-54-94-91)86-52-55-95-92(96-86)73-48-51-81-84(58-73)89(69-44-36-66(37-45-69)77-29-14-23-64-21-8-10-25-75(64)77)79-27-12-11-26-78(79)87(81)68-42-34-65(35-43-68)76-28-13-22-63-20-7-9-24-74(63)76/h1-58H. The lowest BCUT2D eigenvalue weighted by Crippen LogP contribution is -1.96. The average molecular weight is 1220 g/mol. The molecule has 0 unspecified atom stereocenters. The normalized spacial score (nSPS) is 11.5. The molecule has 0 N–H and O–H groups in total. The Morgan fingerprint density at radius 2 is 0.479 bits per heavy atom. The first-order valence-corrected chi connectivity index (χ1v) is 32.7. The van der Waals surface area contributed by atoms with E-state index in [0.717, 1.165) is 99.2 Å². The minimum Gasteiger partial charge on any atom is -0.237 e. The molecule has 0 aliphatic rings. The van der Waals surface area contributed by atoms with Crippen LogP contribution in [0.4, 0.5) is 0 Å². The summed E-state index contributed by atoms with van der Waals surface area (Å²) in [6, 6.07) is 121. The largest absolute Gasteiger partial charge is 0.237 e. The fourth-order valence-electron chi connectivity index (χ4n) is 14.7. The van der Waals surface area contributed by atoms with E-state index < -0.39 is 0 Å². The van der Waals surface area contributed by atoms with Crippen molar-refractivity contribution in [2.24, 2.45) is 0 Å². The van der Waals surface area contributed by atoms with Gasteiger partial charge in [-0.25, -0.2) is 19.9 Å². The van der Waals surface area contributed by atoms with Crippen LogP contribution in [0.25, 0.3) is 188 Å². The lowest BCUT2D eigenvalue weighted by Gasteiger charge is -2.20. The summed E-state index contributed by atoms with van der Waals surface area (Å²) in [4.78, 5) is 20.2. The second kappa shape index (κ2) is 23.7. The summed E-state index contributed by atoms with van der Waals surface area (Å²) < 4.78 is 0. The van der Waals surface area contributed by atoms with Crippen LogP contribution in [-0.4, -0.2) is 19.9 Å². The third-order valence-corrected chi connectivity index (χ3v) is 19.3. The quantitative estimate of drug-likeness (QED) is 0.121. The molecule has 2 heterocycles. The van der Waals surface area contributed by atoms with Gasteiger partial charge >= 0.3 is 0 Å². The molecule has 0 amide bonds. The van der Waals surface area contributed by atoms with Crippen molar-refractivity contribution in [3.05, 3.63) is 352 Å². The Hall–Kier alpha value is -12.8. The fourth-order valence-corrected chi connectivity index (χ4v) is 14.7. The van der Waals surface area contributed by atoms with Gasteiger partial charge in [0.2, 0.25) is 0 Å². The van der Waals surface area contributed by atoms with Crippen molar-refractivity contribution >= 4 is 64.6 Å². The summed E-state index contributed by atoms with van der Waals surface area (Å²) >= 11 is 0.